The quantitative estimate of drug-likeness (QED) is 0.590. The van der Waals surface area contributed by atoms with Crippen molar-refractivity contribution in [2.45, 2.75) is 50.9 Å². The molecule has 5 heteroatoms. The van der Waals surface area contributed by atoms with Crippen LogP contribution in [0.1, 0.15) is 49.8 Å². The van der Waals surface area contributed by atoms with E-state index in [1.54, 1.807) is 0 Å². The van der Waals surface area contributed by atoms with E-state index in [0.717, 1.165) is 24.1 Å². The lowest BCUT2D eigenvalue weighted by atomic mass is 9.99. The number of nitrogens with zero attached hydrogens (tertiary/aromatic N) is 1. The maximum absolute atomic E-state index is 10.6. The van der Waals surface area contributed by atoms with Crippen LogP contribution in [0.25, 0.3) is 0 Å². The highest BCUT2D eigenvalue weighted by atomic mass is 35.5. The monoisotopic (exact) mass is 421 g/mol. The van der Waals surface area contributed by atoms with Crippen molar-refractivity contribution in [2.75, 3.05) is 19.7 Å². The second kappa shape index (κ2) is 10.6. The van der Waals surface area contributed by atoms with Gasteiger partial charge in [-0.2, -0.15) is 0 Å². The highest BCUT2D eigenvalue weighted by Crippen LogP contribution is 2.28. The molecule has 2 atom stereocenters. The molecule has 0 aliphatic carbocycles. The molecule has 0 aromatic heterocycles. The highest BCUT2D eigenvalue weighted by Gasteiger charge is 2.24. The van der Waals surface area contributed by atoms with Crippen molar-refractivity contribution in [1.29, 1.82) is 0 Å². The molecule has 0 saturated carbocycles. The van der Waals surface area contributed by atoms with Crippen molar-refractivity contribution in [3.8, 4) is 0 Å². The Kier molecular flexibility index (Phi) is 8.19. The minimum absolute atomic E-state index is 0.271. The van der Waals surface area contributed by atoms with Crippen LogP contribution in [0.5, 0.6) is 0 Å². The maximum Gasteiger partial charge on any atom is 0.108 e. The van der Waals surface area contributed by atoms with Crippen molar-refractivity contribution >= 4 is 23.2 Å². The largest absolute Gasteiger partial charge is 0.389 e. The van der Waals surface area contributed by atoms with Crippen LogP contribution < -0.4 is 0 Å². The zero-order valence-corrected chi connectivity index (χ0v) is 17.9. The first-order chi connectivity index (χ1) is 13.6. The lowest BCUT2D eigenvalue weighted by Gasteiger charge is -2.36. The molecule has 1 fully saturated rings. The normalized spacial score (nSPS) is 19.1. The van der Waals surface area contributed by atoms with E-state index in [1.165, 1.54) is 19.3 Å². The van der Waals surface area contributed by atoms with Gasteiger partial charge in [-0.1, -0.05) is 60.8 Å². The fraction of sp³-hybridized carbons (Fsp3) is 0.478. The molecule has 28 heavy (non-hydrogen) atoms. The third-order valence-electron chi connectivity index (χ3n) is 5.47. The molecule has 1 heterocycles. The number of β-amino-alcohol motifs (C(OH)–C–C–N with tert-alkyl or cyclic N) is 1. The molecular formula is C23H29Cl2NO2. The van der Waals surface area contributed by atoms with Gasteiger partial charge in [0.15, 0.2) is 0 Å². The number of rotatable bonds is 8. The van der Waals surface area contributed by atoms with Gasteiger partial charge in [0.1, 0.15) is 6.10 Å². The van der Waals surface area contributed by atoms with Gasteiger partial charge in [0.05, 0.1) is 12.7 Å². The fourth-order valence-electron chi connectivity index (χ4n) is 3.95. The Morgan fingerprint density at radius 1 is 1.00 bits per heavy atom. The highest BCUT2D eigenvalue weighted by molar-refractivity contribution is 6.30. The Balaban J connectivity index is 1.67. The van der Waals surface area contributed by atoms with Gasteiger partial charge in [-0.15, -0.1) is 0 Å². The van der Waals surface area contributed by atoms with E-state index in [9.17, 15) is 5.11 Å². The molecule has 1 N–H and O–H groups in total. The second-order valence-corrected chi connectivity index (χ2v) is 8.40. The third kappa shape index (κ3) is 5.95. The Hall–Kier alpha value is -1.10. The van der Waals surface area contributed by atoms with E-state index in [2.05, 4.69) is 11.8 Å². The van der Waals surface area contributed by atoms with Crippen LogP contribution in [0.2, 0.25) is 10.0 Å². The van der Waals surface area contributed by atoms with Crippen molar-refractivity contribution in [3.05, 3.63) is 69.7 Å². The van der Waals surface area contributed by atoms with Crippen LogP contribution >= 0.6 is 23.2 Å². The average Bonchev–Trinajstić information content (AvgIpc) is 2.71. The van der Waals surface area contributed by atoms with Gasteiger partial charge < -0.3 is 9.84 Å². The first-order valence-electron chi connectivity index (χ1n) is 10.1. The van der Waals surface area contributed by atoms with Gasteiger partial charge in [-0.25, -0.2) is 0 Å². The number of ether oxygens (including phenoxy) is 1. The molecule has 1 aliphatic rings. The van der Waals surface area contributed by atoms with Crippen molar-refractivity contribution < 1.29 is 9.84 Å². The summed E-state index contributed by atoms with van der Waals surface area (Å²) in [7, 11) is 0. The topological polar surface area (TPSA) is 32.7 Å². The molecule has 0 spiro atoms. The van der Waals surface area contributed by atoms with Gasteiger partial charge in [0, 0.05) is 22.6 Å². The Morgan fingerprint density at radius 2 is 1.57 bits per heavy atom. The first kappa shape index (κ1) is 21.6. The minimum atomic E-state index is -0.519. The summed E-state index contributed by atoms with van der Waals surface area (Å²) in [4.78, 5) is 2.41. The maximum atomic E-state index is 10.6. The summed E-state index contributed by atoms with van der Waals surface area (Å²) >= 11 is 12.1. The Bertz CT molecular complexity index is 675. The molecule has 2 aromatic carbocycles. The SMILES string of the molecule is CC[C@@H]1CCCCN1C[C@H](O)COC(c1ccc(Cl)cc1)c1ccc(Cl)cc1. The lowest BCUT2D eigenvalue weighted by molar-refractivity contribution is -0.0187. The minimum Gasteiger partial charge on any atom is -0.389 e. The predicted octanol–water partition coefficient (Wildman–Crippen LogP) is 5.72. The zero-order chi connectivity index (χ0) is 19.9. The fourth-order valence-corrected chi connectivity index (χ4v) is 4.21. The molecular weight excluding hydrogens is 393 g/mol. The van der Waals surface area contributed by atoms with E-state index < -0.39 is 6.10 Å². The predicted molar refractivity (Wildman–Crippen MR) is 116 cm³/mol. The second-order valence-electron chi connectivity index (χ2n) is 7.52. The number of aliphatic hydroxyl groups is 1. The number of hydrogen-bond donors (Lipinski definition) is 1. The van der Waals surface area contributed by atoms with Crippen LogP contribution in [0, 0.1) is 0 Å². The van der Waals surface area contributed by atoms with Gasteiger partial charge in [-0.05, 0) is 61.2 Å². The van der Waals surface area contributed by atoms with Crippen LogP contribution in [-0.4, -0.2) is 41.8 Å². The molecule has 3 rings (SSSR count). The zero-order valence-electron chi connectivity index (χ0n) is 16.4. The summed E-state index contributed by atoms with van der Waals surface area (Å²) in [5.74, 6) is 0. The number of benzene rings is 2. The van der Waals surface area contributed by atoms with Crippen molar-refractivity contribution in [3.63, 3.8) is 0 Å². The van der Waals surface area contributed by atoms with E-state index in [1.807, 2.05) is 48.5 Å². The van der Waals surface area contributed by atoms with E-state index in [-0.39, 0.29) is 12.7 Å². The van der Waals surface area contributed by atoms with Crippen molar-refractivity contribution in [1.82, 2.24) is 4.90 Å². The van der Waals surface area contributed by atoms with E-state index in [0.29, 0.717) is 22.6 Å². The molecule has 3 nitrogen and oxygen atoms in total. The van der Waals surface area contributed by atoms with Crippen LogP contribution in [0.4, 0.5) is 0 Å². The van der Waals surface area contributed by atoms with E-state index in [4.69, 9.17) is 27.9 Å². The van der Waals surface area contributed by atoms with Gasteiger partial charge >= 0.3 is 0 Å². The van der Waals surface area contributed by atoms with Crippen LogP contribution in [0.3, 0.4) is 0 Å². The molecule has 1 aliphatic heterocycles. The summed E-state index contributed by atoms with van der Waals surface area (Å²) in [6.45, 7) is 4.23. The Morgan fingerprint density at radius 3 is 2.11 bits per heavy atom. The third-order valence-corrected chi connectivity index (χ3v) is 5.97. The average molecular weight is 422 g/mol. The number of hydrogen-bond acceptors (Lipinski definition) is 3. The molecule has 0 unspecified atom stereocenters. The van der Waals surface area contributed by atoms with Gasteiger partial charge in [0.2, 0.25) is 0 Å². The molecule has 2 aromatic rings. The number of piperidine rings is 1. The summed E-state index contributed by atoms with van der Waals surface area (Å²) in [5.41, 5.74) is 2.01. The molecule has 0 radical (unpaired) electrons. The summed E-state index contributed by atoms with van der Waals surface area (Å²) in [5, 5.41) is 12.0. The van der Waals surface area contributed by atoms with Crippen molar-refractivity contribution in [2.24, 2.45) is 0 Å². The Labute approximate surface area is 178 Å². The standard InChI is InChI=1S/C23H29Cl2NO2/c1-2-21-5-3-4-14-26(21)15-22(27)16-28-23(17-6-10-19(24)11-7-17)18-8-12-20(25)13-9-18/h6-13,21-23,27H,2-5,14-16H2,1H3/t21-,22+/m1/s1. The first-order valence-corrected chi connectivity index (χ1v) is 10.9. The smallest absolute Gasteiger partial charge is 0.108 e. The summed E-state index contributed by atoms with van der Waals surface area (Å²) in [6.07, 6.45) is 4.06. The van der Waals surface area contributed by atoms with Gasteiger partial charge in [-0.3, -0.25) is 4.90 Å². The number of aliphatic hydroxyl groups excluding tert-OH is 1. The van der Waals surface area contributed by atoms with Crippen LogP contribution in [0.15, 0.2) is 48.5 Å². The molecule has 152 valence electrons. The lowest BCUT2D eigenvalue weighted by Crippen LogP contribution is -2.44. The summed E-state index contributed by atoms with van der Waals surface area (Å²) < 4.78 is 6.20. The number of likely N-dealkylation sites (tertiary alicyclic amines) is 1. The van der Waals surface area contributed by atoms with Gasteiger partial charge in [0.25, 0.3) is 0 Å². The summed E-state index contributed by atoms with van der Waals surface area (Å²) in [6, 6.07) is 15.9. The van der Waals surface area contributed by atoms with E-state index >= 15 is 0 Å². The number of halogens is 2. The van der Waals surface area contributed by atoms with Crippen LogP contribution in [-0.2, 0) is 4.74 Å². The molecule has 0 amide bonds. The molecule has 0 bridgehead atoms. The molecule has 1 saturated heterocycles.